The Labute approximate surface area is 158 Å². The summed E-state index contributed by atoms with van der Waals surface area (Å²) in [7, 11) is 3.25. The van der Waals surface area contributed by atoms with Gasteiger partial charge in [0.05, 0.1) is 19.2 Å². The average molecular weight is 352 g/mol. The second-order valence-electron chi connectivity index (χ2n) is 6.74. The van der Waals surface area contributed by atoms with E-state index < -0.39 is 0 Å². The van der Waals surface area contributed by atoms with Gasteiger partial charge in [0.15, 0.2) is 11.3 Å². The fourth-order valence-electron chi connectivity index (χ4n) is 2.60. The topological polar surface area (TPSA) is 35.5 Å². The van der Waals surface area contributed by atoms with Gasteiger partial charge in [-0.15, -0.1) is 0 Å². The summed E-state index contributed by atoms with van der Waals surface area (Å²) in [4.78, 5) is 12.6. The molecule has 125 valence electrons. The third kappa shape index (κ3) is 7.06. The Morgan fingerprint density at radius 3 is 2.35 bits per heavy atom. The maximum absolute atomic E-state index is 12.6. The first-order valence-electron chi connectivity index (χ1n) is 7.38. The van der Waals surface area contributed by atoms with Crippen molar-refractivity contribution in [2.24, 2.45) is 11.3 Å². The van der Waals surface area contributed by atoms with E-state index in [0.29, 0.717) is 28.0 Å². The number of carbonyl (C=O) groups excluding carboxylic acids is 1. The van der Waals surface area contributed by atoms with Gasteiger partial charge in [0.1, 0.15) is 11.3 Å². The van der Waals surface area contributed by atoms with Gasteiger partial charge in [0.25, 0.3) is 0 Å². The smallest absolute Gasteiger partial charge is 0.188 e. The minimum atomic E-state index is 0. The van der Waals surface area contributed by atoms with Crippen LogP contribution in [0.1, 0.15) is 44.5 Å². The molecular weight excluding hydrogens is 326 g/mol. The summed E-state index contributed by atoms with van der Waals surface area (Å²) in [6, 6.07) is 3.39. The fourth-order valence-corrected chi connectivity index (χ4v) is 3.92. The van der Waals surface area contributed by atoms with Crippen LogP contribution in [0.3, 0.4) is 0 Å². The zero-order valence-corrected chi connectivity index (χ0v) is 17.0. The summed E-state index contributed by atoms with van der Waals surface area (Å²) in [5.41, 5.74) is 0.772. The van der Waals surface area contributed by atoms with E-state index in [4.69, 9.17) is 21.1 Å². The Kier molecular flexibility index (Phi) is 9.86. The molecule has 0 fully saturated rings. The summed E-state index contributed by atoms with van der Waals surface area (Å²) >= 11 is 6.12. The summed E-state index contributed by atoms with van der Waals surface area (Å²) in [5.74, 6) is 1.42. The molecule has 6 heteroatoms. The fraction of sp³-hybridized carbons (Fsp3) is 0.588. The molecule has 0 aliphatic rings. The Bertz CT molecular complexity index is 529. The number of methoxy groups -OCH3 is 2. The molecule has 0 aromatic heterocycles. The van der Waals surface area contributed by atoms with Crippen LogP contribution in [0.5, 0.6) is 11.5 Å². The molecule has 1 aromatic carbocycles. The molecule has 0 saturated heterocycles. The monoisotopic (exact) mass is 351 g/mol. The molecule has 0 bridgehead atoms. The van der Waals surface area contributed by atoms with Crippen molar-refractivity contribution in [3.63, 3.8) is 0 Å². The van der Waals surface area contributed by atoms with Crippen molar-refractivity contribution in [1.29, 1.82) is 0 Å². The first-order chi connectivity index (χ1) is 10.2. The molecule has 0 saturated carbocycles. The predicted molar refractivity (Wildman–Crippen MR) is 101 cm³/mol. The molecular formula is C17H26ClLiO3P. The minimum Gasteiger partial charge on any atom is -0.496 e. The maximum Gasteiger partial charge on any atom is 0.188 e. The third-order valence-electron chi connectivity index (χ3n) is 3.29. The van der Waals surface area contributed by atoms with Crippen LogP contribution in [-0.2, 0) is 0 Å². The van der Waals surface area contributed by atoms with Crippen molar-refractivity contribution in [3.05, 3.63) is 22.7 Å². The molecule has 0 heterocycles. The van der Waals surface area contributed by atoms with E-state index in [9.17, 15) is 4.79 Å². The molecule has 2 atom stereocenters. The van der Waals surface area contributed by atoms with E-state index in [0.717, 1.165) is 12.6 Å². The minimum absolute atomic E-state index is 0. The Hall–Kier alpha value is -0.193. The van der Waals surface area contributed by atoms with Crippen LogP contribution in [0.15, 0.2) is 12.1 Å². The van der Waals surface area contributed by atoms with Crippen LogP contribution < -0.4 is 9.47 Å². The van der Waals surface area contributed by atoms with Crippen LogP contribution in [0, 0.1) is 11.3 Å². The molecule has 3 nitrogen and oxygen atoms in total. The number of hydrogen-bond acceptors (Lipinski definition) is 3. The van der Waals surface area contributed by atoms with Crippen molar-refractivity contribution in [1.82, 2.24) is 0 Å². The third-order valence-corrected chi connectivity index (χ3v) is 5.06. The van der Waals surface area contributed by atoms with Gasteiger partial charge in [0, 0.05) is 18.9 Å². The average Bonchev–Trinajstić information content (AvgIpc) is 2.42. The molecule has 1 radical (unpaired) electrons. The SMILES string of the molecule is COc1ccc(Cl)c(OC)c1C(=O)PCC(C)CC(C)(C)C.[Li]. The van der Waals surface area contributed by atoms with E-state index in [2.05, 4.69) is 27.7 Å². The second kappa shape index (κ2) is 9.95. The first-order valence-corrected chi connectivity index (χ1v) is 8.96. The van der Waals surface area contributed by atoms with Gasteiger partial charge in [-0.2, -0.15) is 0 Å². The van der Waals surface area contributed by atoms with Gasteiger partial charge in [-0.05, 0) is 44.6 Å². The predicted octanol–water partition coefficient (Wildman–Crippen LogP) is 4.87. The molecule has 0 spiro atoms. The Morgan fingerprint density at radius 2 is 1.87 bits per heavy atom. The quantitative estimate of drug-likeness (QED) is 0.519. The van der Waals surface area contributed by atoms with Crippen molar-refractivity contribution >= 4 is 44.6 Å². The normalized spacial score (nSPS) is 12.8. The van der Waals surface area contributed by atoms with Crippen LogP contribution in [0.2, 0.25) is 5.02 Å². The molecule has 0 N–H and O–H groups in total. The zero-order valence-electron chi connectivity index (χ0n) is 15.2. The van der Waals surface area contributed by atoms with Crippen molar-refractivity contribution < 1.29 is 14.3 Å². The van der Waals surface area contributed by atoms with Gasteiger partial charge in [-0.1, -0.05) is 39.3 Å². The number of benzene rings is 1. The molecule has 0 amide bonds. The second-order valence-corrected chi connectivity index (χ2v) is 8.36. The molecule has 2 unspecified atom stereocenters. The molecule has 1 rings (SSSR count). The van der Waals surface area contributed by atoms with E-state index in [1.165, 1.54) is 7.11 Å². The van der Waals surface area contributed by atoms with E-state index in [1.807, 2.05) is 0 Å². The number of halogens is 1. The van der Waals surface area contributed by atoms with Crippen molar-refractivity contribution in [2.75, 3.05) is 20.4 Å². The molecule has 23 heavy (non-hydrogen) atoms. The molecule has 0 aliphatic carbocycles. The van der Waals surface area contributed by atoms with E-state index in [-0.39, 0.29) is 38.4 Å². The van der Waals surface area contributed by atoms with E-state index in [1.54, 1.807) is 19.2 Å². The van der Waals surface area contributed by atoms with Crippen LogP contribution in [-0.4, -0.2) is 44.8 Å². The van der Waals surface area contributed by atoms with Gasteiger partial charge < -0.3 is 9.47 Å². The van der Waals surface area contributed by atoms with Crippen LogP contribution in [0.4, 0.5) is 0 Å². The summed E-state index contributed by atoms with van der Waals surface area (Å²) < 4.78 is 10.6. The standard InChI is InChI=1S/C17H26ClO3P.Li/c1-11(9-17(2,3)4)10-22-16(19)14-13(20-5)8-7-12(18)15(14)21-6;/h7-8,11,22H,9-10H2,1-6H3;. The van der Waals surface area contributed by atoms with Gasteiger partial charge in [-0.3, -0.25) is 4.79 Å². The van der Waals surface area contributed by atoms with Gasteiger partial charge in [-0.25, -0.2) is 0 Å². The van der Waals surface area contributed by atoms with Gasteiger partial charge >= 0.3 is 0 Å². The number of hydrogen-bond donors (Lipinski definition) is 0. The van der Waals surface area contributed by atoms with Crippen LogP contribution in [0.25, 0.3) is 0 Å². The summed E-state index contributed by atoms with van der Waals surface area (Å²) in [6.45, 7) is 8.85. The zero-order chi connectivity index (χ0) is 16.9. The number of rotatable bonds is 7. The Balaban J connectivity index is 0.00000484. The number of carbonyl (C=O) groups is 1. The maximum atomic E-state index is 12.6. The summed E-state index contributed by atoms with van der Waals surface area (Å²) in [5, 5.41) is 0.430. The molecule has 0 aliphatic heterocycles. The first kappa shape index (κ1) is 22.8. The van der Waals surface area contributed by atoms with Gasteiger partial charge in [0.2, 0.25) is 0 Å². The molecule has 1 aromatic rings. The largest absolute Gasteiger partial charge is 0.496 e. The van der Waals surface area contributed by atoms with Crippen molar-refractivity contribution in [3.8, 4) is 11.5 Å². The van der Waals surface area contributed by atoms with E-state index >= 15 is 0 Å². The Morgan fingerprint density at radius 1 is 1.26 bits per heavy atom. The van der Waals surface area contributed by atoms with Crippen LogP contribution >= 0.6 is 20.2 Å². The number of ether oxygens (including phenoxy) is 2. The van der Waals surface area contributed by atoms with Crippen molar-refractivity contribution in [2.45, 2.75) is 34.1 Å². The summed E-state index contributed by atoms with van der Waals surface area (Å²) in [6.07, 6.45) is 1.96.